The number of benzene rings is 2. The van der Waals surface area contributed by atoms with E-state index in [2.05, 4.69) is 15.6 Å². The summed E-state index contributed by atoms with van der Waals surface area (Å²) in [6, 6.07) is 13.6. The lowest BCUT2D eigenvalue weighted by Crippen LogP contribution is -2.28. The van der Waals surface area contributed by atoms with Gasteiger partial charge in [0.15, 0.2) is 5.17 Å². The van der Waals surface area contributed by atoms with Crippen molar-refractivity contribution in [2.75, 3.05) is 5.32 Å². The Morgan fingerprint density at radius 1 is 1.15 bits per heavy atom. The predicted molar refractivity (Wildman–Crippen MR) is 107 cm³/mol. The van der Waals surface area contributed by atoms with Crippen molar-refractivity contribution in [3.8, 4) is 0 Å². The van der Waals surface area contributed by atoms with Crippen LogP contribution in [0.25, 0.3) is 0 Å². The standard InChI is InChI=1S/C20H21N3O2S/c1-12-5-4-6-15(9-12)21-20-23-19(25)17(26-20)11-18(24)22-16-10-13(2)7-8-14(16)3/h4-10,17H,11H2,1-3H3,(H,22,24)(H,21,23,25)/t17-/m0/s1. The number of nitrogens with one attached hydrogen (secondary N) is 2. The molecule has 0 saturated carbocycles. The average Bonchev–Trinajstić information content (AvgIpc) is 2.90. The topological polar surface area (TPSA) is 70.6 Å². The van der Waals surface area contributed by atoms with Crippen LogP contribution < -0.4 is 10.6 Å². The van der Waals surface area contributed by atoms with Crippen molar-refractivity contribution in [1.82, 2.24) is 5.32 Å². The number of hydrogen-bond donors (Lipinski definition) is 2. The molecule has 0 bridgehead atoms. The maximum absolute atomic E-state index is 12.3. The quantitative estimate of drug-likeness (QED) is 0.862. The van der Waals surface area contributed by atoms with E-state index in [-0.39, 0.29) is 18.2 Å². The fraction of sp³-hybridized carbons (Fsp3) is 0.250. The molecule has 0 unspecified atom stereocenters. The third kappa shape index (κ3) is 4.52. The summed E-state index contributed by atoms with van der Waals surface area (Å²) in [5.41, 5.74) is 4.74. The Bertz CT molecular complexity index is 892. The number of rotatable bonds is 4. The fourth-order valence-electron chi connectivity index (χ4n) is 2.65. The lowest BCUT2D eigenvalue weighted by atomic mass is 10.1. The zero-order valence-electron chi connectivity index (χ0n) is 15.0. The van der Waals surface area contributed by atoms with Gasteiger partial charge in [0.25, 0.3) is 0 Å². The molecule has 1 aliphatic rings. The van der Waals surface area contributed by atoms with Crippen molar-refractivity contribution in [3.05, 3.63) is 59.2 Å². The van der Waals surface area contributed by atoms with E-state index in [0.717, 1.165) is 28.1 Å². The molecule has 1 atom stereocenters. The van der Waals surface area contributed by atoms with Crippen LogP contribution >= 0.6 is 11.8 Å². The van der Waals surface area contributed by atoms with Crippen LogP contribution in [0.15, 0.2) is 47.5 Å². The van der Waals surface area contributed by atoms with Crippen molar-refractivity contribution in [2.24, 2.45) is 4.99 Å². The molecule has 0 spiro atoms. The first-order valence-electron chi connectivity index (χ1n) is 8.41. The Balaban J connectivity index is 1.64. The maximum atomic E-state index is 12.3. The Kier molecular flexibility index (Phi) is 5.42. The molecule has 26 heavy (non-hydrogen) atoms. The molecule has 1 aliphatic heterocycles. The van der Waals surface area contributed by atoms with Crippen molar-refractivity contribution in [3.63, 3.8) is 0 Å². The van der Waals surface area contributed by atoms with E-state index in [1.165, 1.54) is 11.8 Å². The average molecular weight is 367 g/mol. The molecule has 1 heterocycles. The van der Waals surface area contributed by atoms with E-state index in [0.29, 0.717) is 5.17 Å². The maximum Gasteiger partial charge on any atom is 0.240 e. The van der Waals surface area contributed by atoms with Crippen LogP contribution in [0.3, 0.4) is 0 Å². The molecule has 3 rings (SSSR count). The van der Waals surface area contributed by atoms with Crippen LogP contribution in [0.2, 0.25) is 0 Å². The first kappa shape index (κ1) is 18.2. The first-order valence-corrected chi connectivity index (χ1v) is 9.28. The van der Waals surface area contributed by atoms with E-state index in [9.17, 15) is 9.59 Å². The van der Waals surface area contributed by atoms with Gasteiger partial charge in [-0.05, 0) is 55.7 Å². The van der Waals surface area contributed by atoms with E-state index in [1.54, 1.807) is 0 Å². The van der Waals surface area contributed by atoms with Gasteiger partial charge >= 0.3 is 0 Å². The second-order valence-electron chi connectivity index (χ2n) is 6.42. The molecule has 6 heteroatoms. The number of nitrogens with zero attached hydrogens (tertiary/aromatic N) is 1. The van der Waals surface area contributed by atoms with Gasteiger partial charge in [0, 0.05) is 12.1 Å². The van der Waals surface area contributed by atoms with Gasteiger partial charge < -0.3 is 10.6 Å². The number of carbonyl (C=O) groups is 2. The summed E-state index contributed by atoms with van der Waals surface area (Å²) < 4.78 is 0. The van der Waals surface area contributed by atoms with E-state index in [1.807, 2.05) is 63.2 Å². The minimum Gasteiger partial charge on any atom is -0.326 e. The highest BCUT2D eigenvalue weighted by Gasteiger charge is 2.32. The number of amides is 2. The zero-order valence-corrected chi connectivity index (χ0v) is 15.8. The largest absolute Gasteiger partial charge is 0.326 e. The molecule has 2 amide bonds. The molecule has 1 fully saturated rings. The normalized spacial score (nSPS) is 18.0. The molecule has 1 saturated heterocycles. The molecule has 0 radical (unpaired) electrons. The predicted octanol–water partition coefficient (Wildman–Crippen LogP) is 3.86. The highest BCUT2D eigenvalue weighted by molar-refractivity contribution is 8.15. The van der Waals surface area contributed by atoms with Gasteiger partial charge in [-0.2, -0.15) is 0 Å². The summed E-state index contributed by atoms with van der Waals surface area (Å²) >= 11 is 1.29. The van der Waals surface area contributed by atoms with Gasteiger partial charge in [0.1, 0.15) is 5.25 Å². The number of anilines is 1. The summed E-state index contributed by atoms with van der Waals surface area (Å²) in [5.74, 6) is -0.360. The lowest BCUT2D eigenvalue weighted by Gasteiger charge is -2.10. The van der Waals surface area contributed by atoms with Gasteiger partial charge in [0.2, 0.25) is 11.8 Å². The summed E-state index contributed by atoms with van der Waals surface area (Å²) in [5, 5.41) is 5.72. The molecule has 134 valence electrons. The first-order chi connectivity index (χ1) is 12.4. The highest BCUT2D eigenvalue weighted by atomic mass is 32.2. The number of aliphatic imine (C=N–C) groups is 1. The molecular formula is C20H21N3O2S. The zero-order chi connectivity index (χ0) is 18.7. The van der Waals surface area contributed by atoms with Crippen LogP contribution in [0.5, 0.6) is 0 Å². The van der Waals surface area contributed by atoms with Crippen molar-refractivity contribution in [2.45, 2.75) is 32.4 Å². The van der Waals surface area contributed by atoms with Gasteiger partial charge in [-0.25, -0.2) is 4.99 Å². The third-order valence-electron chi connectivity index (χ3n) is 4.05. The number of hydrogen-bond acceptors (Lipinski definition) is 4. The second-order valence-corrected chi connectivity index (χ2v) is 7.61. The van der Waals surface area contributed by atoms with Crippen LogP contribution in [-0.2, 0) is 9.59 Å². The van der Waals surface area contributed by atoms with E-state index in [4.69, 9.17) is 0 Å². The molecule has 5 nitrogen and oxygen atoms in total. The van der Waals surface area contributed by atoms with Crippen molar-refractivity contribution >= 4 is 40.1 Å². The minimum absolute atomic E-state index is 0.108. The van der Waals surface area contributed by atoms with Crippen molar-refractivity contribution < 1.29 is 9.59 Å². The summed E-state index contributed by atoms with van der Waals surface area (Å²) in [6.45, 7) is 5.91. The minimum atomic E-state index is -0.469. The summed E-state index contributed by atoms with van der Waals surface area (Å²) in [6.07, 6.45) is 0.108. The molecule has 0 aromatic heterocycles. The summed E-state index contributed by atoms with van der Waals surface area (Å²) in [7, 11) is 0. The molecule has 0 aliphatic carbocycles. The lowest BCUT2D eigenvalue weighted by molar-refractivity contribution is -0.122. The molecule has 2 aromatic rings. The molecular weight excluding hydrogens is 346 g/mol. The van der Waals surface area contributed by atoms with Crippen LogP contribution in [0, 0.1) is 20.8 Å². The van der Waals surface area contributed by atoms with Gasteiger partial charge in [-0.1, -0.05) is 36.0 Å². The Morgan fingerprint density at radius 3 is 2.69 bits per heavy atom. The van der Waals surface area contributed by atoms with Gasteiger partial charge in [-0.3, -0.25) is 9.59 Å². The van der Waals surface area contributed by atoms with Crippen molar-refractivity contribution in [1.29, 1.82) is 0 Å². The number of aryl methyl sites for hydroxylation is 3. The molecule has 2 N–H and O–H groups in total. The monoisotopic (exact) mass is 367 g/mol. The highest BCUT2D eigenvalue weighted by Crippen LogP contribution is 2.26. The number of amidine groups is 1. The third-order valence-corrected chi connectivity index (χ3v) is 5.13. The van der Waals surface area contributed by atoms with Crippen LogP contribution in [0.4, 0.5) is 11.4 Å². The smallest absolute Gasteiger partial charge is 0.240 e. The van der Waals surface area contributed by atoms with Gasteiger partial charge in [0.05, 0.1) is 5.69 Å². The van der Waals surface area contributed by atoms with Crippen LogP contribution in [-0.4, -0.2) is 22.2 Å². The Hall–Kier alpha value is -2.60. The van der Waals surface area contributed by atoms with Crippen LogP contribution in [0.1, 0.15) is 23.1 Å². The second kappa shape index (κ2) is 7.74. The SMILES string of the molecule is Cc1cccc(N=C2NC(=O)[C@H](CC(=O)Nc3cc(C)ccc3C)S2)c1. The van der Waals surface area contributed by atoms with E-state index >= 15 is 0 Å². The molecule has 2 aromatic carbocycles. The number of thioether (sulfide) groups is 1. The fourth-order valence-corrected chi connectivity index (χ4v) is 3.63. The Morgan fingerprint density at radius 2 is 1.92 bits per heavy atom. The van der Waals surface area contributed by atoms with Gasteiger partial charge in [-0.15, -0.1) is 0 Å². The summed E-state index contributed by atoms with van der Waals surface area (Å²) in [4.78, 5) is 29.0. The number of carbonyl (C=O) groups excluding carboxylic acids is 2. The van der Waals surface area contributed by atoms with E-state index < -0.39 is 5.25 Å². The Labute approximate surface area is 157 Å².